The van der Waals surface area contributed by atoms with Crippen LogP contribution in [0.25, 0.3) is 0 Å². The van der Waals surface area contributed by atoms with E-state index in [0.717, 1.165) is 34.7 Å². The van der Waals surface area contributed by atoms with Gasteiger partial charge in [-0.15, -0.1) is 0 Å². The molecule has 1 atom stereocenters. The molecule has 5 nitrogen and oxygen atoms in total. The molecular formula is C23H28N2O3. The molecule has 0 bridgehead atoms. The van der Waals surface area contributed by atoms with Gasteiger partial charge in [0.1, 0.15) is 5.75 Å². The first-order valence-electron chi connectivity index (χ1n) is 9.85. The van der Waals surface area contributed by atoms with Gasteiger partial charge in [-0.05, 0) is 62.6 Å². The predicted molar refractivity (Wildman–Crippen MR) is 112 cm³/mol. The molecular weight excluding hydrogens is 352 g/mol. The number of carbonyl (C=O) groups excluding carboxylic acids is 2. The quantitative estimate of drug-likeness (QED) is 0.811. The largest absolute Gasteiger partial charge is 0.491 e. The molecule has 0 saturated carbocycles. The fourth-order valence-electron chi connectivity index (χ4n) is 3.54. The monoisotopic (exact) mass is 380 g/mol. The fourth-order valence-corrected chi connectivity index (χ4v) is 3.54. The van der Waals surface area contributed by atoms with Crippen LogP contribution in [0, 0.1) is 12.8 Å². The van der Waals surface area contributed by atoms with Gasteiger partial charge < -0.3 is 15.0 Å². The van der Waals surface area contributed by atoms with Crippen molar-refractivity contribution in [2.24, 2.45) is 5.92 Å². The van der Waals surface area contributed by atoms with E-state index in [0.29, 0.717) is 6.54 Å². The summed E-state index contributed by atoms with van der Waals surface area (Å²) in [5.41, 5.74) is 3.81. The molecule has 148 valence electrons. The highest BCUT2D eigenvalue weighted by atomic mass is 16.5. The number of nitrogens with one attached hydrogen (secondary N) is 1. The second-order valence-electron chi connectivity index (χ2n) is 7.52. The van der Waals surface area contributed by atoms with Gasteiger partial charge in [-0.1, -0.05) is 25.1 Å². The molecule has 1 aliphatic heterocycles. The lowest BCUT2D eigenvalue weighted by molar-refractivity contribution is -0.122. The van der Waals surface area contributed by atoms with E-state index in [-0.39, 0.29) is 30.3 Å². The second-order valence-corrected chi connectivity index (χ2v) is 7.52. The van der Waals surface area contributed by atoms with Gasteiger partial charge in [-0.3, -0.25) is 9.59 Å². The number of hydrogen-bond donors (Lipinski definition) is 1. The summed E-state index contributed by atoms with van der Waals surface area (Å²) < 4.78 is 5.65. The van der Waals surface area contributed by atoms with Crippen molar-refractivity contribution in [1.82, 2.24) is 0 Å². The van der Waals surface area contributed by atoms with Gasteiger partial charge in [0.25, 0.3) is 0 Å². The minimum atomic E-state index is -0.358. The molecule has 1 fully saturated rings. The van der Waals surface area contributed by atoms with Crippen molar-refractivity contribution in [3.8, 4) is 5.75 Å². The van der Waals surface area contributed by atoms with E-state index in [1.54, 1.807) is 4.90 Å². The molecule has 1 unspecified atom stereocenters. The topological polar surface area (TPSA) is 58.6 Å². The Morgan fingerprint density at radius 3 is 2.57 bits per heavy atom. The third-order valence-electron chi connectivity index (χ3n) is 5.00. The van der Waals surface area contributed by atoms with Crippen LogP contribution in [0.5, 0.6) is 5.75 Å². The van der Waals surface area contributed by atoms with E-state index in [9.17, 15) is 9.59 Å². The summed E-state index contributed by atoms with van der Waals surface area (Å²) in [6.45, 7) is 8.39. The first-order valence-corrected chi connectivity index (χ1v) is 9.85. The number of nitrogens with zero attached hydrogens (tertiary/aromatic N) is 1. The Morgan fingerprint density at radius 2 is 1.93 bits per heavy atom. The van der Waals surface area contributed by atoms with Gasteiger partial charge in [-0.2, -0.15) is 0 Å². The van der Waals surface area contributed by atoms with Crippen molar-refractivity contribution in [2.75, 3.05) is 16.8 Å². The van der Waals surface area contributed by atoms with Crippen molar-refractivity contribution >= 4 is 23.2 Å². The molecule has 5 heteroatoms. The number of ether oxygens (including phenoxy) is 1. The van der Waals surface area contributed by atoms with Crippen molar-refractivity contribution in [2.45, 2.75) is 46.6 Å². The summed E-state index contributed by atoms with van der Waals surface area (Å²) in [5, 5.41) is 3.06. The highest BCUT2D eigenvalue weighted by Gasteiger charge is 2.35. The molecule has 1 heterocycles. The van der Waals surface area contributed by atoms with Crippen LogP contribution in [0.15, 0.2) is 42.5 Å². The molecule has 0 aromatic heterocycles. The smallest absolute Gasteiger partial charge is 0.229 e. The number of aryl methyl sites for hydroxylation is 2. The Labute approximate surface area is 166 Å². The lowest BCUT2D eigenvalue weighted by atomic mass is 10.0. The van der Waals surface area contributed by atoms with Crippen LogP contribution in [0.2, 0.25) is 0 Å². The SMILES string of the molecule is CCc1cccc(C)c1NC(=O)C1CC(=O)N(c2ccc(OC(C)C)cc2)C1. The van der Waals surface area contributed by atoms with Crippen LogP contribution in [-0.4, -0.2) is 24.5 Å². The van der Waals surface area contributed by atoms with E-state index in [2.05, 4.69) is 12.2 Å². The summed E-state index contributed by atoms with van der Waals surface area (Å²) in [6.07, 6.45) is 1.17. The van der Waals surface area contributed by atoms with E-state index < -0.39 is 0 Å². The molecule has 0 spiro atoms. The van der Waals surface area contributed by atoms with Crippen LogP contribution >= 0.6 is 0 Å². The molecule has 2 aromatic carbocycles. The van der Waals surface area contributed by atoms with Crippen molar-refractivity contribution in [3.05, 3.63) is 53.6 Å². The van der Waals surface area contributed by atoms with Crippen molar-refractivity contribution in [1.29, 1.82) is 0 Å². The van der Waals surface area contributed by atoms with E-state index in [4.69, 9.17) is 4.74 Å². The number of benzene rings is 2. The summed E-state index contributed by atoms with van der Waals surface area (Å²) in [7, 11) is 0. The maximum atomic E-state index is 12.8. The highest BCUT2D eigenvalue weighted by Crippen LogP contribution is 2.29. The molecule has 2 amide bonds. The van der Waals surface area contributed by atoms with Gasteiger partial charge in [0, 0.05) is 24.3 Å². The maximum Gasteiger partial charge on any atom is 0.229 e. The number of hydrogen-bond acceptors (Lipinski definition) is 3. The summed E-state index contributed by atoms with van der Waals surface area (Å²) in [5.74, 6) is 0.285. The van der Waals surface area contributed by atoms with E-state index in [1.165, 1.54) is 0 Å². The molecule has 3 rings (SSSR count). The van der Waals surface area contributed by atoms with Gasteiger partial charge in [-0.25, -0.2) is 0 Å². The minimum absolute atomic E-state index is 0.0295. The van der Waals surface area contributed by atoms with Crippen LogP contribution in [0.3, 0.4) is 0 Å². The van der Waals surface area contributed by atoms with E-state index in [1.807, 2.05) is 63.2 Å². The van der Waals surface area contributed by atoms with Gasteiger partial charge >= 0.3 is 0 Å². The zero-order chi connectivity index (χ0) is 20.3. The second kappa shape index (κ2) is 8.46. The standard InChI is InChI=1S/C23H28N2O3/c1-5-17-8-6-7-16(4)22(17)24-23(27)18-13-21(26)25(14-18)19-9-11-20(12-10-19)28-15(2)3/h6-12,15,18H,5,13-14H2,1-4H3,(H,24,27). The number of para-hydroxylation sites is 1. The number of rotatable bonds is 6. The lowest BCUT2D eigenvalue weighted by Gasteiger charge is -2.18. The highest BCUT2D eigenvalue weighted by molar-refractivity contribution is 6.04. The average Bonchev–Trinajstić information content (AvgIpc) is 3.05. The Bertz CT molecular complexity index is 859. The summed E-state index contributed by atoms with van der Waals surface area (Å²) in [6, 6.07) is 13.5. The number of anilines is 2. The third-order valence-corrected chi connectivity index (χ3v) is 5.00. The molecule has 28 heavy (non-hydrogen) atoms. The Kier molecular flexibility index (Phi) is 6.02. The number of amides is 2. The number of carbonyl (C=O) groups is 2. The lowest BCUT2D eigenvalue weighted by Crippen LogP contribution is -2.28. The average molecular weight is 380 g/mol. The van der Waals surface area contributed by atoms with Gasteiger partial charge in [0.2, 0.25) is 11.8 Å². The zero-order valence-electron chi connectivity index (χ0n) is 17.0. The third kappa shape index (κ3) is 4.35. The molecule has 0 radical (unpaired) electrons. The molecule has 1 aliphatic rings. The normalized spacial score (nSPS) is 16.5. The first-order chi connectivity index (χ1) is 13.4. The summed E-state index contributed by atoms with van der Waals surface area (Å²) in [4.78, 5) is 27.0. The Balaban J connectivity index is 1.70. The Morgan fingerprint density at radius 1 is 1.21 bits per heavy atom. The maximum absolute atomic E-state index is 12.8. The molecule has 1 N–H and O–H groups in total. The fraction of sp³-hybridized carbons (Fsp3) is 0.391. The van der Waals surface area contributed by atoms with Crippen LogP contribution in [0.1, 0.15) is 38.3 Å². The Hall–Kier alpha value is -2.82. The van der Waals surface area contributed by atoms with E-state index >= 15 is 0 Å². The molecule has 0 aliphatic carbocycles. The minimum Gasteiger partial charge on any atom is -0.491 e. The zero-order valence-corrected chi connectivity index (χ0v) is 17.0. The molecule has 2 aromatic rings. The van der Waals surface area contributed by atoms with Crippen molar-refractivity contribution in [3.63, 3.8) is 0 Å². The van der Waals surface area contributed by atoms with Crippen LogP contribution < -0.4 is 15.0 Å². The first kappa shape index (κ1) is 19.9. The molecule has 1 saturated heterocycles. The van der Waals surface area contributed by atoms with Crippen LogP contribution in [-0.2, 0) is 16.0 Å². The van der Waals surface area contributed by atoms with Gasteiger partial charge in [0.15, 0.2) is 0 Å². The summed E-state index contributed by atoms with van der Waals surface area (Å²) >= 11 is 0. The van der Waals surface area contributed by atoms with Crippen LogP contribution in [0.4, 0.5) is 11.4 Å². The van der Waals surface area contributed by atoms with Crippen molar-refractivity contribution < 1.29 is 14.3 Å². The predicted octanol–water partition coefficient (Wildman–Crippen LogP) is 4.34. The van der Waals surface area contributed by atoms with Gasteiger partial charge in [0.05, 0.1) is 12.0 Å².